The number of hydrogen-bond donors (Lipinski definition) is 3. The number of aromatic nitrogens is 3. The molecule has 1 fully saturated rings. The molecular weight excluding hydrogens is 340 g/mol. The van der Waals surface area contributed by atoms with Crippen LogP contribution in [0.4, 0.5) is 17.2 Å². The van der Waals surface area contributed by atoms with Crippen molar-refractivity contribution in [2.75, 3.05) is 17.7 Å². The minimum atomic E-state index is 0.278. The van der Waals surface area contributed by atoms with Crippen molar-refractivity contribution in [3.63, 3.8) is 0 Å². The number of imidazole rings is 1. The Kier molecular flexibility index (Phi) is 4.85. The molecule has 5 N–H and O–H groups in total. The average Bonchev–Trinajstić information content (AvgIpc) is 3.13. The van der Waals surface area contributed by atoms with Crippen molar-refractivity contribution in [2.45, 2.75) is 44.6 Å². The standard InChI is InChI=1S/C20H26N6O/c1-2-27-16-6-4-3-5-15(16)24-18-17(13-7-9-14(21)10-8-13)19(22)25-26-12-11-23-20(18)26/h3-6,11-14,24H,2,7-10,21H2,1H3,(H2,22,25). The molecule has 0 unspecified atom stereocenters. The van der Waals surface area contributed by atoms with Gasteiger partial charge in [-0.15, -0.1) is 5.10 Å². The molecule has 0 saturated heterocycles. The maximum atomic E-state index is 6.40. The van der Waals surface area contributed by atoms with Crippen LogP contribution in [-0.2, 0) is 0 Å². The van der Waals surface area contributed by atoms with E-state index in [1.54, 1.807) is 10.7 Å². The zero-order valence-electron chi connectivity index (χ0n) is 15.6. The van der Waals surface area contributed by atoms with E-state index < -0.39 is 0 Å². The molecule has 1 aliphatic carbocycles. The lowest BCUT2D eigenvalue weighted by Gasteiger charge is -2.29. The maximum Gasteiger partial charge on any atom is 0.177 e. The Morgan fingerprint density at radius 1 is 1.22 bits per heavy atom. The molecule has 0 amide bonds. The molecule has 27 heavy (non-hydrogen) atoms. The molecule has 1 saturated carbocycles. The van der Waals surface area contributed by atoms with Crippen molar-refractivity contribution >= 4 is 22.8 Å². The third kappa shape index (κ3) is 3.42. The van der Waals surface area contributed by atoms with Crippen molar-refractivity contribution in [1.82, 2.24) is 14.6 Å². The minimum Gasteiger partial charge on any atom is -0.492 e. The van der Waals surface area contributed by atoms with Gasteiger partial charge in [-0.25, -0.2) is 9.50 Å². The van der Waals surface area contributed by atoms with E-state index in [9.17, 15) is 0 Å². The van der Waals surface area contributed by atoms with Crippen LogP contribution < -0.4 is 21.5 Å². The van der Waals surface area contributed by atoms with E-state index in [4.69, 9.17) is 16.2 Å². The second-order valence-corrected chi connectivity index (χ2v) is 7.04. The minimum absolute atomic E-state index is 0.278. The fraction of sp³-hybridized carbons (Fsp3) is 0.400. The number of nitrogens with one attached hydrogen (secondary N) is 1. The Morgan fingerprint density at radius 3 is 2.78 bits per heavy atom. The van der Waals surface area contributed by atoms with Gasteiger partial charge in [0.05, 0.1) is 18.0 Å². The fourth-order valence-corrected chi connectivity index (χ4v) is 3.91. The highest BCUT2D eigenvalue weighted by Crippen LogP contribution is 2.42. The van der Waals surface area contributed by atoms with Crippen molar-refractivity contribution in [3.8, 4) is 5.75 Å². The molecule has 0 radical (unpaired) electrons. The quantitative estimate of drug-likeness (QED) is 0.639. The number of ether oxygens (including phenoxy) is 1. The highest BCUT2D eigenvalue weighted by molar-refractivity contribution is 5.82. The largest absolute Gasteiger partial charge is 0.492 e. The van der Waals surface area contributed by atoms with Gasteiger partial charge in [-0.3, -0.25) is 0 Å². The van der Waals surface area contributed by atoms with Crippen LogP contribution in [0.15, 0.2) is 36.7 Å². The summed E-state index contributed by atoms with van der Waals surface area (Å²) in [5, 5.41) is 8.07. The topological polar surface area (TPSA) is 103 Å². The number of benzene rings is 1. The van der Waals surface area contributed by atoms with Crippen LogP contribution in [-0.4, -0.2) is 27.2 Å². The van der Waals surface area contributed by atoms with E-state index in [-0.39, 0.29) is 6.04 Å². The molecule has 7 nitrogen and oxygen atoms in total. The van der Waals surface area contributed by atoms with E-state index in [2.05, 4.69) is 15.4 Å². The van der Waals surface area contributed by atoms with Gasteiger partial charge in [0, 0.05) is 24.0 Å². The Hall–Kier alpha value is -2.80. The molecule has 1 aliphatic rings. The molecular formula is C20H26N6O. The zero-order valence-corrected chi connectivity index (χ0v) is 15.6. The summed E-state index contributed by atoms with van der Waals surface area (Å²) in [4.78, 5) is 4.52. The summed E-state index contributed by atoms with van der Waals surface area (Å²) in [5.41, 5.74) is 16.1. The smallest absolute Gasteiger partial charge is 0.177 e. The Bertz CT molecular complexity index is 929. The molecule has 0 aliphatic heterocycles. The highest BCUT2D eigenvalue weighted by atomic mass is 16.5. The third-order valence-electron chi connectivity index (χ3n) is 5.23. The summed E-state index contributed by atoms with van der Waals surface area (Å²) in [6.45, 7) is 2.58. The predicted molar refractivity (Wildman–Crippen MR) is 107 cm³/mol. The van der Waals surface area contributed by atoms with Crippen LogP contribution in [0.25, 0.3) is 5.65 Å². The van der Waals surface area contributed by atoms with Crippen molar-refractivity contribution in [1.29, 1.82) is 0 Å². The molecule has 2 heterocycles. The lowest BCUT2D eigenvalue weighted by Crippen LogP contribution is -2.26. The van der Waals surface area contributed by atoms with Gasteiger partial charge in [0.1, 0.15) is 11.6 Å². The third-order valence-corrected chi connectivity index (χ3v) is 5.23. The van der Waals surface area contributed by atoms with Crippen LogP contribution in [0, 0.1) is 0 Å². The number of hydrogen-bond acceptors (Lipinski definition) is 6. The summed E-state index contributed by atoms with van der Waals surface area (Å²) >= 11 is 0. The van der Waals surface area contributed by atoms with Crippen LogP contribution in [0.5, 0.6) is 5.75 Å². The van der Waals surface area contributed by atoms with Gasteiger partial charge in [0.25, 0.3) is 0 Å². The monoisotopic (exact) mass is 366 g/mol. The number of anilines is 3. The predicted octanol–water partition coefficient (Wildman–Crippen LogP) is 3.44. The lowest BCUT2D eigenvalue weighted by atomic mass is 9.81. The molecule has 0 atom stereocenters. The molecule has 4 rings (SSSR count). The normalized spacial score (nSPS) is 19.9. The first-order chi connectivity index (χ1) is 13.2. The summed E-state index contributed by atoms with van der Waals surface area (Å²) in [6, 6.07) is 8.18. The van der Waals surface area contributed by atoms with Crippen molar-refractivity contribution in [3.05, 3.63) is 42.2 Å². The Labute approximate surface area is 158 Å². The first-order valence-corrected chi connectivity index (χ1v) is 9.54. The summed E-state index contributed by atoms with van der Waals surface area (Å²) in [7, 11) is 0. The summed E-state index contributed by atoms with van der Waals surface area (Å²) < 4.78 is 7.50. The summed E-state index contributed by atoms with van der Waals surface area (Å²) in [5.74, 6) is 1.66. The van der Waals surface area contributed by atoms with Gasteiger partial charge in [-0.2, -0.15) is 0 Å². The van der Waals surface area contributed by atoms with E-state index >= 15 is 0 Å². The molecule has 1 aromatic carbocycles. The number of fused-ring (bicyclic) bond motifs is 1. The first-order valence-electron chi connectivity index (χ1n) is 9.54. The van der Waals surface area contributed by atoms with Gasteiger partial charge < -0.3 is 21.5 Å². The van der Waals surface area contributed by atoms with Crippen molar-refractivity contribution < 1.29 is 4.74 Å². The van der Waals surface area contributed by atoms with Gasteiger partial charge in [0.15, 0.2) is 5.65 Å². The Balaban J connectivity index is 1.81. The molecule has 7 heteroatoms. The highest BCUT2D eigenvalue weighted by Gasteiger charge is 2.27. The SMILES string of the molecule is CCOc1ccccc1Nc1c(C2CCC(N)CC2)c(N)nn2ccnc12. The summed E-state index contributed by atoms with van der Waals surface area (Å²) in [6.07, 6.45) is 7.56. The van der Waals surface area contributed by atoms with E-state index in [0.717, 1.165) is 54.0 Å². The number of rotatable bonds is 5. The number of nitrogen functional groups attached to an aromatic ring is 1. The molecule has 3 aromatic rings. The second-order valence-electron chi connectivity index (χ2n) is 7.04. The van der Waals surface area contributed by atoms with Crippen LogP contribution in [0.3, 0.4) is 0 Å². The van der Waals surface area contributed by atoms with E-state index in [0.29, 0.717) is 18.3 Å². The number of para-hydroxylation sites is 2. The maximum absolute atomic E-state index is 6.40. The van der Waals surface area contributed by atoms with Crippen molar-refractivity contribution in [2.24, 2.45) is 5.73 Å². The Morgan fingerprint density at radius 2 is 2.00 bits per heavy atom. The average molecular weight is 366 g/mol. The van der Waals surface area contributed by atoms with Gasteiger partial charge in [0.2, 0.25) is 0 Å². The molecule has 0 spiro atoms. The van der Waals surface area contributed by atoms with E-state index in [1.165, 1.54) is 0 Å². The van der Waals surface area contributed by atoms with Crippen LogP contribution >= 0.6 is 0 Å². The molecule has 0 bridgehead atoms. The van der Waals surface area contributed by atoms with E-state index in [1.807, 2.05) is 37.4 Å². The first kappa shape index (κ1) is 17.6. The molecule has 2 aromatic heterocycles. The van der Waals surface area contributed by atoms with Gasteiger partial charge in [-0.05, 0) is 50.7 Å². The van der Waals surface area contributed by atoms with Gasteiger partial charge in [-0.1, -0.05) is 12.1 Å². The molecule has 142 valence electrons. The number of nitrogens with zero attached hydrogens (tertiary/aromatic N) is 3. The second kappa shape index (κ2) is 7.44. The van der Waals surface area contributed by atoms with Crippen LogP contribution in [0.2, 0.25) is 0 Å². The lowest BCUT2D eigenvalue weighted by molar-refractivity contribution is 0.342. The fourth-order valence-electron chi connectivity index (χ4n) is 3.91. The zero-order chi connectivity index (χ0) is 18.8. The van der Waals surface area contributed by atoms with Crippen LogP contribution in [0.1, 0.15) is 44.1 Å². The van der Waals surface area contributed by atoms with Gasteiger partial charge >= 0.3 is 0 Å². The number of nitrogens with two attached hydrogens (primary N) is 2.